The van der Waals surface area contributed by atoms with Crippen LogP contribution in [0.5, 0.6) is 0 Å². The summed E-state index contributed by atoms with van der Waals surface area (Å²) in [5.74, 6) is 1.57. The van der Waals surface area contributed by atoms with Gasteiger partial charge in [0.1, 0.15) is 11.3 Å². The minimum absolute atomic E-state index is 0.254. The van der Waals surface area contributed by atoms with Crippen molar-refractivity contribution in [1.82, 2.24) is 19.5 Å². The molecule has 1 aliphatic rings. The Morgan fingerprint density at radius 3 is 2.80 bits per heavy atom. The van der Waals surface area contributed by atoms with Crippen LogP contribution in [0.4, 0.5) is 17.3 Å². The van der Waals surface area contributed by atoms with Crippen LogP contribution in [0.25, 0.3) is 22.4 Å². The lowest BCUT2D eigenvalue weighted by Gasteiger charge is -2.11. The Balaban J connectivity index is 1.46. The van der Waals surface area contributed by atoms with E-state index in [1.54, 1.807) is 12.1 Å². The van der Waals surface area contributed by atoms with E-state index < -0.39 is 0 Å². The zero-order chi connectivity index (χ0) is 20.7. The van der Waals surface area contributed by atoms with Crippen molar-refractivity contribution in [2.24, 2.45) is 7.05 Å². The number of aryl methyl sites for hydroxylation is 1. The number of pyridine rings is 1. The Morgan fingerprint density at radius 2 is 2.03 bits per heavy atom. The van der Waals surface area contributed by atoms with E-state index in [4.69, 9.17) is 15.7 Å². The number of rotatable bonds is 5. The number of nitrogen functional groups attached to an aromatic ring is 1. The number of carbonyl (C=O) groups is 1. The summed E-state index contributed by atoms with van der Waals surface area (Å²) in [4.78, 5) is 26.0. The summed E-state index contributed by atoms with van der Waals surface area (Å²) in [6.07, 6.45) is 5.76. The van der Waals surface area contributed by atoms with Gasteiger partial charge in [0.15, 0.2) is 11.6 Å². The van der Waals surface area contributed by atoms with Crippen LogP contribution in [0, 0.1) is 0 Å². The van der Waals surface area contributed by atoms with Crippen LogP contribution >= 0.6 is 0 Å². The molecule has 0 saturated heterocycles. The van der Waals surface area contributed by atoms with Gasteiger partial charge in [-0.1, -0.05) is 12.1 Å². The zero-order valence-corrected chi connectivity index (χ0v) is 16.5. The molecule has 4 aromatic rings. The molecule has 0 spiro atoms. The SMILES string of the molecule is Cn1ccc2nc(-c3cccc(NC(=O)c4ccc(N)nc4)c3)nc(NC3CC3)c21. The molecule has 1 fully saturated rings. The van der Waals surface area contributed by atoms with Gasteiger partial charge in [-0.15, -0.1) is 0 Å². The molecule has 0 atom stereocenters. The summed E-state index contributed by atoms with van der Waals surface area (Å²) < 4.78 is 2.03. The molecule has 0 aliphatic heterocycles. The van der Waals surface area contributed by atoms with Gasteiger partial charge in [-0.3, -0.25) is 4.79 Å². The lowest BCUT2D eigenvalue weighted by molar-refractivity contribution is 0.102. The van der Waals surface area contributed by atoms with Gasteiger partial charge in [-0.25, -0.2) is 15.0 Å². The molecule has 8 nitrogen and oxygen atoms in total. The van der Waals surface area contributed by atoms with Gasteiger partial charge in [0.2, 0.25) is 0 Å². The number of fused-ring (bicyclic) bond motifs is 1. The Hall–Kier alpha value is -3.94. The third kappa shape index (κ3) is 3.55. The first-order chi connectivity index (χ1) is 14.6. The number of hydrogen-bond acceptors (Lipinski definition) is 6. The summed E-state index contributed by atoms with van der Waals surface area (Å²) >= 11 is 0. The number of anilines is 3. The molecule has 5 rings (SSSR count). The van der Waals surface area contributed by atoms with Crippen molar-refractivity contribution in [2.45, 2.75) is 18.9 Å². The fraction of sp³-hybridized carbons (Fsp3) is 0.182. The Labute approximate surface area is 173 Å². The van der Waals surface area contributed by atoms with E-state index in [0.29, 0.717) is 28.9 Å². The number of benzene rings is 1. The van der Waals surface area contributed by atoms with Crippen LogP contribution in [0.15, 0.2) is 54.9 Å². The van der Waals surface area contributed by atoms with Crippen LogP contribution < -0.4 is 16.4 Å². The van der Waals surface area contributed by atoms with Crippen LogP contribution in [-0.4, -0.2) is 31.5 Å². The van der Waals surface area contributed by atoms with Gasteiger partial charge in [-0.05, 0) is 43.2 Å². The highest BCUT2D eigenvalue weighted by Gasteiger charge is 2.24. The van der Waals surface area contributed by atoms with Crippen LogP contribution in [-0.2, 0) is 7.05 Å². The van der Waals surface area contributed by atoms with E-state index in [9.17, 15) is 4.79 Å². The Morgan fingerprint density at radius 1 is 1.17 bits per heavy atom. The van der Waals surface area contributed by atoms with Gasteiger partial charge >= 0.3 is 0 Å². The van der Waals surface area contributed by atoms with Crippen molar-refractivity contribution >= 4 is 34.3 Å². The van der Waals surface area contributed by atoms with Gasteiger partial charge < -0.3 is 20.9 Å². The molecule has 0 bridgehead atoms. The lowest BCUT2D eigenvalue weighted by Crippen LogP contribution is -2.12. The third-order valence-corrected chi connectivity index (χ3v) is 5.07. The Kier molecular flexibility index (Phi) is 4.31. The monoisotopic (exact) mass is 399 g/mol. The maximum atomic E-state index is 12.5. The van der Waals surface area contributed by atoms with Gasteiger partial charge in [0.05, 0.1) is 11.1 Å². The first kappa shape index (κ1) is 18.1. The molecule has 1 aromatic carbocycles. The second kappa shape index (κ2) is 7.14. The molecular formula is C22H21N7O. The van der Waals surface area contributed by atoms with E-state index >= 15 is 0 Å². The summed E-state index contributed by atoms with van der Waals surface area (Å²) in [6.45, 7) is 0. The number of amides is 1. The van der Waals surface area contributed by atoms with Crippen molar-refractivity contribution in [3.63, 3.8) is 0 Å². The largest absolute Gasteiger partial charge is 0.384 e. The molecule has 1 aliphatic carbocycles. The van der Waals surface area contributed by atoms with E-state index in [-0.39, 0.29) is 5.91 Å². The highest BCUT2D eigenvalue weighted by Crippen LogP contribution is 2.31. The highest BCUT2D eigenvalue weighted by atomic mass is 16.1. The first-order valence-electron chi connectivity index (χ1n) is 9.80. The summed E-state index contributed by atoms with van der Waals surface area (Å²) in [6, 6.07) is 13.2. The first-order valence-corrected chi connectivity index (χ1v) is 9.80. The molecule has 30 heavy (non-hydrogen) atoms. The van der Waals surface area contributed by atoms with E-state index in [2.05, 4.69) is 15.6 Å². The smallest absolute Gasteiger partial charge is 0.257 e. The van der Waals surface area contributed by atoms with Crippen LogP contribution in [0.3, 0.4) is 0 Å². The molecule has 8 heteroatoms. The second-order valence-corrected chi connectivity index (χ2v) is 7.48. The number of nitrogens with one attached hydrogen (secondary N) is 2. The molecule has 1 saturated carbocycles. The van der Waals surface area contributed by atoms with Gasteiger partial charge in [0, 0.05) is 36.7 Å². The number of nitrogens with zero attached hydrogens (tertiary/aromatic N) is 4. The minimum Gasteiger partial charge on any atom is -0.384 e. The molecule has 4 N–H and O–H groups in total. The fourth-order valence-electron chi connectivity index (χ4n) is 3.32. The summed E-state index contributed by atoms with van der Waals surface area (Å²) in [7, 11) is 1.99. The number of hydrogen-bond donors (Lipinski definition) is 3. The predicted octanol–water partition coefficient (Wildman–Crippen LogP) is 3.44. The topological polar surface area (TPSA) is 111 Å². The van der Waals surface area contributed by atoms with Crippen molar-refractivity contribution in [2.75, 3.05) is 16.4 Å². The molecule has 3 heterocycles. The third-order valence-electron chi connectivity index (χ3n) is 5.07. The fourth-order valence-corrected chi connectivity index (χ4v) is 3.32. The molecular weight excluding hydrogens is 378 g/mol. The second-order valence-electron chi connectivity index (χ2n) is 7.48. The normalized spacial score (nSPS) is 13.4. The van der Waals surface area contributed by atoms with E-state index in [1.165, 1.54) is 6.20 Å². The standard InChI is InChI=1S/C22H21N7O/c1-29-10-9-17-19(29)21(25-15-6-7-15)28-20(27-17)13-3-2-4-16(11-13)26-22(30)14-5-8-18(23)24-12-14/h2-5,8-12,15H,6-7H2,1H3,(H2,23,24)(H,26,30)(H,25,27,28). The Bertz CT molecular complexity index is 1240. The minimum atomic E-state index is -0.254. The van der Waals surface area contributed by atoms with Gasteiger partial charge in [0.25, 0.3) is 5.91 Å². The highest BCUT2D eigenvalue weighted by molar-refractivity contribution is 6.04. The molecule has 0 radical (unpaired) electrons. The van der Waals surface area contributed by atoms with Crippen molar-refractivity contribution in [1.29, 1.82) is 0 Å². The molecule has 150 valence electrons. The predicted molar refractivity (Wildman–Crippen MR) is 117 cm³/mol. The molecule has 0 unspecified atom stereocenters. The average molecular weight is 399 g/mol. The summed E-state index contributed by atoms with van der Waals surface area (Å²) in [5.41, 5.74) is 9.38. The number of nitrogens with two attached hydrogens (primary N) is 1. The van der Waals surface area contributed by atoms with Crippen molar-refractivity contribution in [3.8, 4) is 11.4 Å². The van der Waals surface area contributed by atoms with E-state index in [1.807, 2.05) is 48.1 Å². The van der Waals surface area contributed by atoms with Crippen molar-refractivity contribution < 1.29 is 4.79 Å². The van der Waals surface area contributed by atoms with Crippen LogP contribution in [0.2, 0.25) is 0 Å². The van der Waals surface area contributed by atoms with Crippen molar-refractivity contribution in [3.05, 3.63) is 60.4 Å². The number of carbonyl (C=O) groups excluding carboxylic acids is 1. The van der Waals surface area contributed by atoms with Gasteiger partial charge in [-0.2, -0.15) is 0 Å². The average Bonchev–Trinajstić information content (AvgIpc) is 3.48. The lowest BCUT2D eigenvalue weighted by atomic mass is 10.1. The maximum absolute atomic E-state index is 12.5. The quantitative estimate of drug-likeness (QED) is 0.474. The molecule has 1 amide bonds. The summed E-state index contributed by atoms with van der Waals surface area (Å²) in [5, 5.41) is 6.40. The number of aromatic nitrogens is 4. The van der Waals surface area contributed by atoms with E-state index in [0.717, 1.165) is 35.3 Å². The zero-order valence-electron chi connectivity index (χ0n) is 16.5. The maximum Gasteiger partial charge on any atom is 0.257 e. The van der Waals surface area contributed by atoms with Crippen LogP contribution in [0.1, 0.15) is 23.2 Å². The molecule has 3 aromatic heterocycles.